The first-order chi connectivity index (χ1) is 14.0. The highest BCUT2D eigenvalue weighted by Crippen LogP contribution is 2.15. The fraction of sp³-hybridized carbons (Fsp3) is 0.208. The molecule has 3 rings (SSSR count). The smallest absolute Gasteiger partial charge is 0.254 e. The second-order valence-corrected chi connectivity index (χ2v) is 7.13. The van der Waals surface area contributed by atoms with Gasteiger partial charge in [0, 0.05) is 42.7 Å². The van der Waals surface area contributed by atoms with Crippen LogP contribution in [-0.2, 0) is 13.1 Å². The van der Waals surface area contributed by atoms with Gasteiger partial charge in [0.15, 0.2) is 0 Å². The van der Waals surface area contributed by atoms with Crippen molar-refractivity contribution in [1.82, 2.24) is 15.2 Å². The van der Waals surface area contributed by atoms with Crippen molar-refractivity contribution in [1.29, 1.82) is 0 Å². The summed E-state index contributed by atoms with van der Waals surface area (Å²) in [6.07, 6.45) is 3.38. The molecule has 0 fully saturated rings. The molecule has 0 aliphatic heterocycles. The lowest BCUT2D eigenvalue weighted by molar-refractivity contribution is 0.0690. The number of nitrogens with one attached hydrogen (secondary N) is 1. The fourth-order valence-electron chi connectivity index (χ4n) is 3.01. The van der Waals surface area contributed by atoms with Gasteiger partial charge in [0.1, 0.15) is 0 Å². The molecule has 2 amide bonds. The third kappa shape index (κ3) is 5.51. The van der Waals surface area contributed by atoms with Crippen LogP contribution in [0.4, 0.5) is 0 Å². The molecule has 1 heterocycles. The Kier molecular flexibility index (Phi) is 6.74. The van der Waals surface area contributed by atoms with Crippen LogP contribution >= 0.6 is 0 Å². The van der Waals surface area contributed by atoms with Gasteiger partial charge in [0.2, 0.25) is 0 Å². The van der Waals surface area contributed by atoms with Crippen molar-refractivity contribution in [2.45, 2.75) is 33.0 Å². The number of benzene rings is 2. The maximum absolute atomic E-state index is 13.1. The van der Waals surface area contributed by atoms with E-state index in [-0.39, 0.29) is 17.9 Å². The molecule has 1 N–H and O–H groups in total. The zero-order chi connectivity index (χ0) is 20.6. The minimum Gasteiger partial charge on any atom is -0.348 e. The number of amides is 2. The predicted octanol–water partition coefficient (Wildman–Crippen LogP) is 4.06. The van der Waals surface area contributed by atoms with Gasteiger partial charge in [0.05, 0.1) is 0 Å². The Hall–Kier alpha value is -3.47. The van der Waals surface area contributed by atoms with Crippen molar-refractivity contribution in [3.63, 3.8) is 0 Å². The lowest BCUT2D eigenvalue weighted by atomic mass is 10.1. The van der Waals surface area contributed by atoms with Crippen molar-refractivity contribution >= 4 is 11.8 Å². The van der Waals surface area contributed by atoms with Crippen LogP contribution in [0.25, 0.3) is 0 Å². The van der Waals surface area contributed by atoms with Crippen molar-refractivity contribution in [2.24, 2.45) is 0 Å². The van der Waals surface area contributed by atoms with E-state index in [0.717, 1.165) is 11.1 Å². The average molecular weight is 387 g/mol. The lowest BCUT2D eigenvalue weighted by Gasteiger charge is -2.27. The van der Waals surface area contributed by atoms with E-state index in [1.54, 1.807) is 36.7 Å². The molecule has 148 valence electrons. The van der Waals surface area contributed by atoms with E-state index in [1.165, 1.54) is 0 Å². The summed E-state index contributed by atoms with van der Waals surface area (Å²) >= 11 is 0. The van der Waals surface area contributed by atoms with Crippen LogP contribution in [0.2, 0.25) is 0 Å². The van der Waals surface area contributed by atoms with Crippen LogP contribution in [-0.4, -0.2) is 27.7 Å². The van der Waals surface area contributed by atoms with Gasteiger partial charge in [-0.15, -0.1) is 0 Å². The first-order valence-electron chi connectivity index (χ1n) is 9.66. The Labute approximate surface area is 171 Å². The van der Waals surface area contributed by atoms with E-state index in [0.29, 0.717) is 24.2 Å². The van der Waals surface area contributed by atoms with E-state index in [2.05, 4.69) is 10.3 Å². The molecule has 5 heteroatoms. The topological polar surface area (TPSA) is 62.3 Å². The Morgan fingerprint density at radius 3 is 2.28 bits per heavy atom. The number of carbonyl (C=O) groups excluding carboxylic acids is 2. The molecular formula is C24H25N3O2. The zero-order valence-corrected chi connectivity index (χ0v) is 16.7. The molecule has 5 nitrogen and oxygen atoms in total. The third-order valence-corrected chi connectivity index (χ3v) is 4.65. The molecule has 0 unspecified atom stereocenters. The Morgan fingerprint density at radius 2 is 1.59 bits per heavy atom. The molecule has 0 saturated carbocycles. The van der Waals surface area contributed by atoms with Crippen LogP contribution in [0.15, 0.2) is 79.1 Å². The Balaban J connectivity index is 1.72. The van der Waals surface area contributed by atoms with Crippen LogP contribution in [0.3, 0.4) is 0 Å². The maximum Gasteiger partial charge on any atom is 0.254 e. The van der Waals surface area contributed by atoms with Crippen molar-refractivity contribution < 1.29 is 9.59 Å². The van der Waals surface area contributed by atoms with Gasteiger partial charge in [-0.25, -0.2) is 0 Å². The van der Waals surface area contributed by atoms with Gasteiger partial charge >= 0.3 is 0 Å². The van der Waals surface area contributed by atoms with Crippen LogP contribution in [0.5, 0.6) is 0 Å². The second kappa shape index (κ2) is 9.64. The molecule has 0 saturated heterocycles. The van der Waals surface area contributed by atoms with Crippen molar-refractivity contribution in [3.05, 3.63) is 101 Å². The summed E-state index contributed by atoms with van der Waals surface area (Å²) in [4.78, 5) is 31.4. The summed E-state index contributed by atoms with van der Waals surface area (Å²) in [5, 5.41) is 2.88. The number of carbonyl (C=O) groups is 2. The van der Waals surface area contributed by atoms with E-state index < -0.39 is 0 Å². The molecule has 0 radical (unpaired) electrons. The lowest BCUT2D eigenvalue weighted by Crippen LogP contribution is -2.36. The standard InChI is InChI=1S/C24H25N3O2/c1-18(2)27(17-20-7-4-3-5-8-20)24(29)22-10-6-9-21(15-22)23(28)26-16-19-11-13-25-14-12-19/h3-15,18H,16-17H2,1-2H3,(H,26,28). The normalized spacial score (nSPS) is 10.6. The van der Waals surface area contributed by atoms with Crippen LogP contribution in [0.1, 0.15) is 45.7 Å². The number of aromatic nitrogens is 1. The van der Waals surface area contributed by atoms with E-state index in [4.69, 9.17) is 0 Å². The molecule has 3 aromatic rings. The van der Waals surface area contributed by atoms with Crippen molar-refractivity contribution in [3.8, 4) is 0 Å². The van der Waals surface area contributed by atoms with Gasteiger partial charge in [-0.1, -0.05) is 36.4 Å². The molecule has 29 heavy (non-hydrogen) atoms. The summed E-state index contributed by atoms with van der Waals surface area (Å²) in [5.74, 6) is -0.303. The summed E-state index contributed by atoms with van der Waals surface area (Å²) in [6, 6.07) is 20.5. The number of rotatable bonds is 7. The van der Waals surface area contributed by atoms with Crippen LogP contribution < -0.4 is 5.32 Å². The molecule has 0 aliphatic rings. The third-order valence-electron chi connectivity index (χ3n) is 4.65. The first kappa shape index (κ1) is 20.3. The highest BCUT2D eigenvalue weighted by Gasteiger charge is 2.20. The SMILES string of the molecule is CC(C)N(Cc1ccccc1)C(=O)c1cccc(C(=O)NCc2ccncc2)c1. The number of hydrogen-bond donors (Lipinski definition) is 1. The molecule has 1 aromatic heterocycles. The molecular weight excluding hydrogens is 362 g/mol. The largest absolute Gasteiger partial charge is 0.348 e. The molecule has 0 bridgehead atoms. The monoisotopic (exact) mass is 387 g/mol. The first-order valence-corrected chi connectivity index (χ1v) is 9.66. The molecule has 2 aromatic carbocycles. The van der Waals surface area contributed by atoms with Gasteiger partial charge in [-0.2, -0.15) is 0 Å². The van der Waals surface area contributed by atoms with Gasteiger partial charge in [0.25, 0.3) is 11.8 Å². The second-order valence-electron chi connectivity index (χ2n) is 7.13. The van der Waals surface area contributed by atoms with E-state index >= 15 is 0 Å². The molecule has 0 spiro atoms. The molecule has 0 atom stereocenters. The Bertz CT molecular complexity index is 956. The van der Waals surface area contributed by atoms with E-state index in [9.17, 15) is 9.59 Å². The maximum atomic E-state index is 13.1. The summed E-state index contributed by atoms with van der Waals surface area (Å²) in [6.45, 7) is 4.92. The quantitative estimate of drug-likeness (QED) is 0.665. The summed E-state index contributed by atoms with van der Waals surface area (Å²) < 4.78 is 0. The average Bonchev–Trinajstić information content (AvgIpc) is 2.76. The highest BCUT2D eigenvalue weighted by atomic mass is 16.2. The van der Waals surface area contributed by atoms with Gasteiger partial charge in [-0.3, -0.25) is 14.6 Å². The number of pyridine rings is 1. The summed E-state index contributed by atoms with van der Waals surface area (Å²) in [7, 11) is 0. The van der Waals surface area contributed by atoms with Gasteiger partial charge < -0.3 is 10.2 Å². The minimum absolute atomic E-state index is 0.0341. The number of nitrogens with zero attached hydrogens (tertiary/aromatic N) is 2. The zero-order valence-electron chi connectivity index (χ0n) is 16.7. The van der Waals surface area contributed by atoms with E-state index in [1.807, 2.05) is 61.2 Å². The van der Waals surface area contributed by atoms with Gasteiger partial charge in [-0.05, 0) is 55.3 Å². The Morgan fingerprint density at radius 1 is 0.897 bits per heavy atom. The van der Waals surface area contributed by atoms with Crippen molar-refractivity contribution in [2.75, 3.05) is 0 Å². The number of hydrogen-bond acceptors (Lipinski definition) is 3. The minimum atomic E-state index is -0.212. The molecule has 0 aliphatic carbocycles. The fourth-order valence-corrected chi connectivity index (χ4v) is 3.01. The predicted molar refractivity (Wildman–Crippen MR) is 113 cm³/mol. The highest BCUT2D eigenvalue weighted by molar-refractivity contribution is 5.99. The summed E-state index contributed by atoms with van der Waals surface area (Å²) in [5.41, 5.74) is 3.01. The van der Waals surface area contributed by atoms with Crippen LogP contribution in [0, 0.1) is 0 Å².